The molecule has 1 aromatic heterocycles. The van der Waals surface area contributed by atoms with E-state index in [0.29, 0.717) is 49.6 Å². The Morgan fingerprint density at radius 2 is 1.67 bits per heavy atom. The van der Waals surface area contributed by atoms with E-state index in [1.165, 1.54) is 0 Å². The third-order valence-corrected chi connectivity index (χ3v) is 4.43. The second-order valence-corrected chi connectivity index (χ2v) is 6.20. The molecule has 1 aliphatic rings. The van der Waals surface area contributed by atoms with E-state index in [0.717, 1.165) is 5.76 Å². The minimum absolute atomic E-state index is 0.0191. The van der Waals surface area contributed by atoms with Crippen molar-refractivity contribution in [3.8, 4) is 0 Å². The molecule has 126 valence electrons. The number of hydrogen-bond donors (Lipinski definition) is 0. The van der Waals surface area contributed by atoms with Gasteiger partial charge in [0.25, 0.3) is 5.91 Å². The number of piperazine rings is 1. The first-order valence-electron chi connectivity index (χ1n) is 7.98. The van der Waals surface area contributed by atoms with Gasteiger partial charge >= 0.3 is 0 Å². The van der Waals surface area contributed by atoms with Crippen molar-refractivity contribution in [3.63, 3.8) is 0 Å². The Hall–Kier alpha value is -2.27. The topological polar surface area (TPSA) is 53.8 Å². The molecule has 1 fully saturated rings. The molecule has 5 nitrogen and oxygen atoms in total. The van der Waals surface area contributed by atoms with E-state index in [4.69, 9.17) is 16.0 Å². The molecular formula is C18H19ClN2O3. The van der Waals surface area contributed by atoms with Crippen LogP contribution in [0.3, 0.4) is 0 Å². The molecule has 2 amide bonds. The van der Waals surface area contributed by atoms with Gasteiger partial charge in [0.05, 0.1) is 6.26 Å². The second-order valence-electron chi connectivity index (χ2n) is 5.76. The van der Waals surface area contributed by atoms with Crippen LogP contribution in [0.15, 0.2) is 47.1 Å². The highest BCUT2D eigenvalue weighted by atomic mass is 35.5. The van der Waals surface area contributed by atoms with Gasteiger partial charge in [-0.15, -0.1) is 0 Å². The van der Waals surface area contributed by atoms with Gasteiger partial charge in [0.1, 0.15) is 5.76 Å². The van der Waals surface area contributed by atoms with Gasteiger partial charge in [0, 0.05) is 49.6 Å². The van der Waals surface area contributed by atoms with Gasteiger partial charge in [0.15, 0.2) is 0 Å². The summed E-state index contributed by atoms with van der Waals surface area (Å²) in [6.07, 6.45) is 2.65. The Kier molecular flexibility index (Phi) is 5.20. The van der Waals surface area contributed by atoms with E-state index in [2.05, 4.69) is 0 Å². The summed E-state index contributed by atoms with van der Waals surface area (Å²) in [5.41, 5.74) is 0.622. The zero-order chi connectivity index (χ0) is 16.9. The second kappa shape index (κ2) is 7.53. The van der Waals surface area contributed by atoms with E-state index in [1.54, 1.807) is 35.4 Å². The Bertz CT molecular complexity index is 690. The summed E-state index contributed by atoms with van der Waals surface area (Å²) in [7, 11) is 0. The summed E-state index contributed by atoms with van der Waals surface area (Å²) in [5.74, 6) is 0.902. The molecule has 2 aromatic rings. The summed E-state index contributed by atoms with van der Waals surface area (Å²) in [6, 6.07) is 10.6. The molecule has 1 saturated heterocycles. The van der Waals surface area contributed by atoms with Gasteiger partial charge in [-0.25, -0.2) is 0 Å². The highest BCUT2D eigenvalue weighted by molar-refractivity contribution is 6.30. The van der Waals surface area contributed by atoms with Crippen LogP contribution in [-0.4, -0.2) is 47.8 Å². The van der Waals surface area contributed by atoms with Crippen LogP contribution in [-0.2, 0) is 11.2 Å². The molecule has 0 aliphatic carbocycles. The molecule has 0 unspecified atom stereocenters. The van der Waals surface area contributed by atoms with E-state index in [1.807, 2.05) is 17.0 Å². The van der Waals surface area contributed by atoms with Crippen LogP contribution in [0.2, 0.25) is 5.02 Å². The quantitative estimate of drug-likeness (QED) is 0.855. The van der Waals surface area contributed by atoms with Crippen molar-refractivity contribution in [2.45, 2.75) is 12.8 Å². The Balaban J connectivity index is 1.49. The van der Waals surface area contributed by atoms with Crippen LogP contribution in [0.25, 0.3) is 0 Å². The molecule has 0 spiro atoms. The standard InChI is InChI=1S/C18H19ClN2O3/c19-15-5-3-14(4-6-15)18(23)21-11-9-20(10-12-21)17(22)8-7-16-2-1-13-24-16/h1-6,13H,7-12H2. The van der Waals surface area contributed by atoms with E-state index >= 15 is 0 Å². The molecular weight excluding hydrogens is 328 g/mol. The Morgan fingerprint density at radius 1 is 1.00 bits per heavy atom. The molecule has 1 aromatic carbocycles. The van der Waals surface area contributed by atoms with Gasteiger partial charge in [-0.1, -0.05) is 11.6 Å². The Morgan fingerprint density at radius 3 is 2.29 bits per heavy atom. The highest BCUT2D eigenvalue weighted by Gasteiger charge is 2.24. The van der Waals surface area contributed by atoms with Crippen molar-refractivity contribution in [3.05, 3.63) is 59.0 Å². The summed E-state index contributed by atoms with van der Waals surface area (Å²) in [5, 5.41) is 0.610. The lowest BCUT2D eigenvalue weighted by molar-refractivity contribution is -0.132. The SMILES string of the molecule is O=C(CCc1ccco1)N1CCN(C(=O)c2ccc(Cl)cc2)CC1. The number of halogens is 1. The van der Waals surface area contributed by atoms with Gasteiger partial charge in [-0.2, -0.15) is 0 Å². The fraction of sp³-hybridized carbons (Fsp3) is 0.333. The number of furan rings is 1. The van der Waals surface area contributed by atoms with Crippen molar-refractivity contribution in [2.24, 2.45) is 0 Å². The minimum Gasteiger partial charge on any atom is -0.469 e. The first-order valence-corrected chi connectivity index (χ1v) is 8.36. The van der Waals surface area contributed by atoms with Crippen molar-refractivity contribution >= 4 is 23.4 Å². The zero-order valence-corrected chi connectivity index (χ0v) is 14.0. The molecule has 0 radical (unpaired) electrons. The van der Waals surface area contributed by atoms with Gasteiger partial charge < -0.3 is 14.2 Å². The minimum atomic E-state index is -0.0191. The van der Waals surface area contributed by atoms with Gasteiger partial charge in [0.2, 0.25) is 5.91 Å². The lowest BCUT2D eigenvalue weighted by Crippen LogP contribution is -2.50. The normalized spacial score (nSPS) is 14.7. The van der Waals surface area contributed by atoms with Crippen LogP contribution < -0.4 is 0 Å². The van der Waals surface area contributed by atoms with E-state index < -0.39 is 0 Å². The fourth-order valence-corrected chi connectivity index (χ4v) is 2.90. The zero-order valence-electron chi connectivity index (χ0n) is 13.3. The summed E-state index contributed by atoms with van der Waals surface area (Å²) >= 11 is 5.85. The van der Waals surface area contributed by atoms with Gasteiger partial charge in [-0.05, 0) is 36.4 Å². The molecule has 24 heavy (non-hydrogen) atoms. The molecule has 0 N–H and O–H groups in total. The van der Waals surface area contributed by atoms with Crippen LogP contribution >= 0.6 is 11.6 Å². The first kappa shape index (κ1) is 16.6. The molecule has 0 saturated carbocycles. The molecule has 0 bridgehead atoms. The summed E-state index contributed by atoms with van der Waals surface area (Å²) < 4.78 is 5.24. The number of carbonyl (C=O) groups excluding carboxylic acids is 2. The largest absolute Gasteiger partial charge is 0.469 e. The number of benzene rings is 1. The predicted octanol–water partition coefficient (Wildman–Crippen LogP) is 2.85. The van der Waals surface area contributed by atoms with Crippen LogP contribution in [0.5, 0.6) is 0 Å². The first-order chi connectivity index (χ1) is 11.6. The van der Waals surface area contributed by atoms with Crippen molar-refractivity contribution in [2.75, 3.05) is 26.2 Å². The number of rotatable bonds is 4. The van der Waals surface area contributed by atoms with E-state index in [-0.39, 0.29) is 11.8 Å². The smallest absolute Gasteiger partial charge is 0.253 e. The van der Waals surface area contributed by atoms with Crippen molar-refractivity contribution in [1.29, 1.82) is 0 Å². The van der Waals surface area contributed by atoms with Crippen molar-refractivity contribution < 1.29 is 14.0 Å². The fourth-order valence-electron chi connectivity index (χ4n) is 2.78. The average molecular weight is 347 g/mol. The molecule has 6 heteroatoms. The third-order valence-electron chi connectivity index (χ3n) is 4.18. The monoisotopic (exact) mass is 346 g/mol. The Labute approximate surface area is 145 Å². The number of nitrogens with zero attached hydrogens (tertiary/aromatic N) is 2. The average Bonchev–Trinajstić information content (AvgIpc) is 3.13. The number of hydrogen-bond acceptors (Lipinski definition) is 3. The molecule has 0 atom stereocenters. The van der Waals surface area contributed by atoms with Crippen LogP contribution in [0.1, 0.15) is 22.5 Å². The van der Waals surface area contributed by atoms with Crippen molar-refractivity contribution in [1.82, 2.24) is 9.80 Å². The lowest BCUT2D eigenvalue weighted by Gasteiger charge is -2.34. The molecule has 3 rings (SSSR count). The number of amides is 2. The summed E-state index contributed by atoms with van der Waals surface area (Å²) in [6.45, 7) is 2.23. The molecule has 1 aliphatic heterocycles. The van der Waals surface area contributed by atoms with E-state index in [9.17, 15) is 9.59 Å². The highest BCUT2D eigenvalue weighted by Crippen LogP contribution is 2.14. The maximum Gasteiger partial charge on any atom is 0.253 e. The third kappa shape index (κ3) is 3.97. The van der Waals surface area contributed by atoms with Crippen LogP contribution in [0.4, 0.5) is 0 Å². The summed E-state index contributed by atoms with van der Waals surface area (Å²) in [4.78, 5) is 28.3. The van der Waals surface area contributed by atoms with Crippen LogP contribution in [0, 0.1) is 0 Å². The molecule has 2 heterocycles. The number of aryl methyl sites for hydroxylation is 1. The van der Waals surface area contributed by atoms with Gasteiger partial charge in [-0.3, -0.25) is 9.59 Å². The number of carbonyl (C=O) groups is 2. The lowest BCUT2D eigenvalue weighted by atomic mass is 10.1. The predicted molar refractivity (Wildman–Crippen MR) is 91.0 cm³/mol. The maximum atomic E-state index is 12.4. The maximum absolute atomic E-state index is 12.4.